The predicted octanol–water partition coefficient (Wildman–Crippen LogP) is 2.73. The summed E-state index contributed by atoms with van der Waals surface area (Å²) in [7, 11) is 0. The second-order valence-corrected chi connectivity index (χ2v) is 5.19. The summed E-state index contributed by atoms with van der Waals surface area (Å²) in [6.07, 6.45) is -4.91. The van der Waals surface area contributed by atoms with Crippen LogP contribution in [0.15, 0.2) is 30.3 Å². The van der Waals surface area contributed by atoms with E-state index in [1.165, 1.54) is 0 Å². The third-order valence-electron chi connectivity index (χ3n) is 3.43. The summed E-state index contributed by atoms with van der Waals surface area (Å²) in [5.74, 6) is -0.376. The van der Waals surface area contributed by atoms with E-state index in [9.17, 15) is 18.0 Å². The number of alkyl halides is 3. The fourth-order valence-corrected chi connectivity index (χ4v) is 2.34. The highest BCUT2D eigenvalue weighted by atomic mass is 19.4. The minimum atomic E-state index is -4.60. The summed E-state index contributed by atoms with van der Waals surface area (Å²) < 4.78 is 45.4. The molecule has 1 aliphatic heterocycles. The molecule has 1 saturated heterocycles. The first-order chi connectivity index (χ1) is 10.4. The van der Waals surface area contributed by atoms with Crippen LogP contribution in [0.25, 0.3) is 0 Å². The van der Waals surface area contributed by atoms with Crippen LogP contribution in [-0.2, 0) is 20.9 Å². The van der Waals surface area contributed by atoms with Gasteiger partial charge in [-0.3, -0.25) is 14.4 Å². The van der Waals surface area contributed by atoms with E-state index in [2.05, 4.69) is 4.74 Å². The molecule has 0 saturated carbocycles. The molecular formula is C15H18F3NO3. The molecule has 0 bridgehead atoms. The average molecular weight is 317 g/mol. The average Bonchev–Trinajstić information content (AvgIpc) is 2.47. The van der Waals surface area contributed by atoms with Crippen LogP contribution in [0.5, 0.6) is 0 Å². The fourth-order valence-electron chi connectivity index (χ4n) is 2.34. The number of halogens is 3. The monoisotopic (exact) mass is 317 g/mol. The lowest BCUT2D eigenvalue weighted by Crippen LogP contribution is -2.41. The van der Waals surface area contributed by atoms with Gasteiger partial charge in [0, 0.05) is 13.1 Å². The maximum atomic E-state index is 12.1. The van der Waals surface area contributed by atoms with Gasteiger partial charge in [-0.05, 0) is 18.4 Å². The maximum absolute atomic E-state index is 12.1. The Labute approximate surface area is 126 Å². The molecule has 2 rings (SSSR count). The number of esters is 1. The van der Waals surface area contributed by atoms with Crippen molar-refractivity contribution >= 4 is 5.97 Å². The Balaban J connectivity index is 1.66. The number of hydrogen-bond acceptors (Lipinski definition) is 4. The van der Waals surface area contributed by atoms with E-state index in [-0.39, 0.29) is 32.0 Å². The van der Waals surface area contributed by atoms with Crippen molar-refractivity contribution in [3.63, 3.8) is 0 Å². The minimum Gasteiger partial charge on any atom is -0.460 e. The van der Waals surface area contributed by atoms with E-state index in [4.69, 9.17) is 4.74 Å². The molecule has 0 aliphatic carbocycles. The van der Waals surface area contributed by atoms with Gasteiger partial charge in [0.1, 0.15) is 6.61 Å². The lowest BCUT2D eigenvalue weighted by Gasteiger charge is -2.31. The van der Waals surface area contributed by atoms with Gasteiger partial charge in [0.05, 0.1) is 12.6 Å². The van der Waals surface area contributed by atoms with Crippen molar-refractivity contribution in [1.29, 1.82) is 0 Å². The van der Waals surface area contributed by atoms with Crippen molar-refractivity contribution in [2.45, 2.75) is 31.9 Å². The molecule has 1 aromatic rings. The third-order valence-corrected chi connectivity index (χ3v) is 3.43. The SMILES string of the molecule is O=C(CN1CCC(OC(F)(F)F)CC1)OCc1ccccc1. The van der Waals surface area contributed by atoms with Gasteiger partial charge < -0.3 is 4.74 Å². The summed E-state index contributed by atoms with van der Waals surface area (Å²) in [5.41, 5.74) is 0.896. The van der Waals surface area contributed by atoms with Crippen LogP contribution in [0, 0.1) is 0 Å². The lowest BCUT2D eigenvalue weighted by molar-refractivity contribution is -0.345. The van der Waals surface area contributed by atoms with Gasteiger partial charge in [0.25, 0.3) is 0 Å². The van der Waals surface area contributed by atoms with E-state index in [0.717, 1.165) is 5.56 Å². The third kappa shape index (κ3) is 6.03. The van der Waals surface area contributed by atoms with Gasteiger partial charge >= 0.3 is 12.3 Å². The summed E-state index contributed by atoms with van der Waals surface area (Å²) in [6.45, 7) is 1.07. The summed E-state index contributed by atoms with van der Waals surface area (Å²) in [6, 6.07) is 9.29. The number of ether oxygens (including phenoxy) is 2. The molecule has 0 spiro atoms. The molecule has 1 fully saturated rings. The Hall–Kier alpha value is -1.60. The number of likely N-dealkylation sites (tertiary alicyclic amines) is 1. The molecule has 7 heteroatoms. The molecular weight excluding hydrogens is 299 g/mol. The van der Waals surface area contributed by atoms with Crippen LogP contribution < -0.4 is 0 Å². The molecule has 0 atom stereocenters. The molecule has 0 amide bonds. The second kappa shape index (κ2) is 7.60. The van der Waals surface area contributed by atoms with Crippen molar-refractivity contribution in [2.75, 3.05) is 19.6 Å². The van der Waals surface area contributed by atoms with E-state index in [1.54, 1.807) is 4.90 Å². The highest BCUT2D eigenvalue weighted by molar-refractivity contribution is 5.71. The van der Waals surface area contributed by atoms with Crippen LogP contribution in [0.2, 0.25) is 0 Å². The molecule has 1 heterocycles. The summed E-state index contributed by atoms with van der Waals surface area (Å²) in [4.78, 5) is 13.5. The van der Waals surface area contributed by atoms with Crippen molar-refractivity contribution in [1.82, 2.24) is 4.90 Å². The zero-order chi connectivity index (χ0) is 16.0. The first-order valence-electron chi connectivity index (χ1n) is 7.09. The molecule has 0 N–H and O–H groups in total. The Morgan fingerprint density at radius 1 is 1.18 bits per heavy atom. The highest BCUT2D eigenvalue weighted by Crippen LogP contribution is 2.24. The topological polar surface area (TPSA) is 38.8 Å². The van der Waals surface area contributed by atoms with E-state index in [0.29, 0.717) is 13.1 Å². The van der Waals surface area contributed by atoms with Crippen molar-refractivity contribution in [3.8, 4) is 0 Å². The summed E-state index contributed by atoms with van der Waals surface area (Å²) in [5, 5.41) is 0. The van der Waals surface area contributed by atoms with E-state index in [1.807, 2.05) is 30.3 Å². The van der Waals surface area contributed by atoms with Crippen LogP contribution >= 0.6 is 0 Å². The quantitative estimate of drug-likeness (QED) is 0.783. The molecule has 22 heavy (non-hydrogen) atoms. The van der Waals surface area contributed by atoms with Gasteiger partial charge in [-0.25, -0.2) is 0 Å². The van der Waals surface area contributed by atoms with Gasteiger partial charge in [-0.2, -0.15) is 0 Å². The normalized spacial score (nSPS) is 17.4. The summed E-state index contributed by atoms with van der Waals surface area (Å²) >= 11 is 0. The molecule has 0 aromatic heterocycles. The minimum absolute atomic E-state index is 0.0889. The Kier molecular flexibility index (Phi) is 5.79. The number of nitrogens with zero attached hydrogens (tertiary/aromatic N) is 1. The number of hydrogen-bond donors (Lipinski definition) is 0. The van der Waals surface area contributed by atoms with Crippen LogP contribution in [0.1, 0.15) is 18.4 Å². The van der Waals surface area contributed by atoms with Crippen LogP contribution in [0.3, 0.4) is 0 Å². The van der Waals surface area contributed by atoms with Gasteiger partial charge in [-0.15, -0.1) is 13.2 Å². The van der Waals surface area contributed by atoms with Gasteiger partial charge in [0.15, 0.2) is 0 Å². The van der Waals surface area contributed by atoms with Gasteiger partial charge in [0.2, 0.25) is 0 Å². The molecule has 0 radical (unpaired) electrons. The largest absolute Gasteiger partial charge is 0.522 e. The van der Waals surface area contributed by atoms with Gasteiger partial charge in [-0.1, -0.05) is 30.3 Å². The lowest BCUT2D eigenvalue weighted by atomic mass is 10.1. The molecule has 1 aromatic carbocycles. The maximum Gasteiger partial charge on any atom is 0.522 e. The fraction of sp³-hybridized carbons (Fsp3) is 0.533. The smallest absolute Gasteiger partial charge is 0.460 e. The number of benzene rings is 1. The zero-order valence-electron chi connectivity index (χ0n) is 12.0. The first kappa shape index (κ1) is 16.8. The second-order valence-electron chi connectivity index (χ2n) is 5.19. The number of piperidine rings is 1. The predicted molar refractivity (Wildman–Crippen MR) is 72.8 cm³/mol. The van der Waals surface area contributed by atoms with Crippen LogP contribution in [0.4, 0.5) is 13.2 Å². The number of carbonyl (C=O) groups is 1. The van der Waals surface area contributed by atoms with Crippen molar-refractivity contribution in [3.05, 3.63) is 35.9 Å². The molecule has 1 aliphatic rings. The molecule has 0 unspecified atom stereocenters. The zero-order valence-corrected chi connectivity index (χ0v) is 12.0. The Morgan fingerprint density at radius 3 is 2.41 bits per heavy atom. The van der Waals surface area contributed by atoms with E-state index < -0.39 is 12.5 Å². The number of rotatable bonds is 5. The van der Waals surface area contributed by atoms with Crippen LogP contribution in [-0.4, -0.2) is 43.0 Å². The Bertz CT molecular complexity index is 471. The number of carbonyl (C=O) groups excluding carboxylic acids is 1. The van der Waals surface area contributed by atoms with Crippen molar-refractivity contribution < 1.29 is 27.4 Å². The first-order valence-corrected chi connectivity index (χ1v) is 7.09. The van der Waals surface area contributed by atoms with E-state index >= 15 is 0 Å². The molecule has 4 nitrogen and oxygen atoms in total. The standard InChI is InChI=1S/C15H18F3NO3/c16-15(17,18)22-13-6-8-19(9-7-13)10-14(20)21-11-12-4-2-1-3-5-12/h1-5,13H,6-11H2. The molecule has 122 valence electrons. The highest BCUT2D eigenvalue weighted by Gasteiger charge is 2.35. The Morgan fingerprint density at radius 2 is 1.82 bits per heavy atom. The van der Waals surface area contributed by atoms with Crippen molar-refractivity contribution in [2.24, 2.45) is 0 Å².